The zero-order valence-electron chi connectivity index (χ0n) is 10.1. The first-order valence-corrected chi connectivity index (χ1v) is 5.95. The maximum Gasteiger partial charge on any atom is 0.274 e. The van der Waals surface area contributed by atoms with E-state index in [4.69, 9.17) is 0 Å². The Morgan fingerprint density at radius 3 is 2.94 bits per heavy atom. The second-order valence-corrected chi connectivity index (χ2v) is 4.57. The molecule has 92 valence electrons. The van der Waals surface area contributed by atoms with Crippen LogP contribution in [0.2, 0.25) is 0 Å². The summed E-state index contributed by atoms with van der Waals surface area (Å²) < 4.78 is 0. The van der Waals surface area contributed by atoms with Crippen molar-refractivity contribution >= 4 is 5.91 Å². The summed E-state index contributed by atoms with van der Waals surface area (Å²) in [6.45, 7) is 3.35. The lowest BCUT2D eigenvalue weighted by Gasteiger charge is -2.39. The van der Waals surface area contributed by atoms with Gasteiger partial charge in [0, 0.05) is 37.1 Å². The van der Waals surface area contributed by atoms with Gasteiger partial charge in [-0.1, -0.05) is 6.07 Å². The summed E-state index contributed by atoms with van der Waals surface area (Å²) in [6, 6.07) is 3.98. The van der Waals surface area contributed by atoms with Crippen LogP contribution in [0.25, 0.3) is 0 Å². The summed E-state index contributed by atoms with van der Waals surface area (Å²) in [5, 5.41) is 0. The van der Waals surface area contributed by atoms with Gasteiger partial charge in [-0.3, -0.25) is 9.78 Å². The zero-order valence-corrected chi connectivity index (χ0v) is 10.1. The number of nitrogens with zero attached hydrogens (tertiary/aromatic N) is 3. The average Bonchev–Trinajstić information content (AvgIpc) is 2.75. The van der Waals surface area contributed by atoms with E-state index in [1.807, 2.05) is 24.1 Å². The number of carbonyl (C=O) groups is 1. The number of nitrogens with one attached hydrogen (secondary N) is 1. The van der Waals surface area contributed by atoms with E-state index in [1.54, 1.807) is 12.5 Å². The van der Waals surface area contributed by atoms with Crippen molar-refractivity contribution in [2.24, 2.45) is 0 Å². The molecular weight excluding hydrogens is 228 g/mol. The third kappa shape index (κ3) is 1.77. The van der Waals surface area contributed by atoms with Crippen molar-refractivity contribution in [3.05, 3.63) is 47.8 Å². The van der Waals surface area contributed by atoms with Crippen molar-refractivity contribution < 1.29 is 4.79 Å². The van der Waals surface area contributed by atoms with Gasteiger partial charge < -0.3 is 9.88 Å². The molecule has 0 spiro atoms. The standard InChI is InChI=1S/C13H14N4O/c1-9-12(16-8-15-9)13(18)17-6-11(7-17)10-3-2-4-14-5-10/h2-5,8,11H,6-7H2,1H3,(H,15,16). The number of hydrogen-bond acceptors (Lipinski definition) is 3. The van der Waals surface area contributed by atoms with Crippen LogP contribution >= 0.6 is 0 Å². The largest absolute Gasteiger partial charge is 0.348 e. The van der Waals surface area contributed by atoms with Crippen LogP contribution in [0.5, 0.6) is 0 Å². The molecule has 18 heavy (non-hydrogen) atoms. The minimum atomic E-state index is 0.00823. The second kappa shape index (κ2) is 4.25. The van der Waals surface area contributed by atoms with Crippen molar-refractivity contribution in [2.75, 3.05) is 13.1 Å². The van der Waals surface area contributed by atoms with Crippen LogP contribution in [-0.2, 0) is 0 Å². The molecule has 0 aliphatic carbocycles. The first kappa shape index (κ1) is 11.0. The van der Waals surface area contributed by atoms with Gasteiger partial charge in [0.1, 0.15) is 5.69 Å². The Morgan fingerprint density at radius 1 is 1.50 bits per heavy atom. The summed E-state index contributed by atoms with van der Waals surface area (Å²) in [5.41, 5.74) is 2.55. The highest BCUT2D eigenvalue weighted by atomic mass is 16.2. The fourth-order valence-corrected chi connectivity index (χ4v) is 2.20. The summed E-state index contributed by atoms with van der Waals surface area (Å²) in [4.78, 5) is 25.0. The zero-order chi connectivity index (χ0) is 12.5. The van der Waals surface area contributed by atoms with E-state index >= 15 is 0 Å². The summed E-state index contributed by atoms with van der Waals surface area (Å²) in [5.74, 6) is 0.413. The van der Waals surface area contributed by atoms with E-state index in [1.165, 1.54) is 5.56 Å². The molecule has 0 aromatic carbocycles. The fourth-order valence-electron chi connectivity index (χ4n) is 2.20. The van der Waals surface area contributed by atoms with Crippen LogP contribution < -0.4 is 0 Å². The Bertz CT molecular complexity index is 557. The minimum absolute atomic E-state index is 0.00823. The van der Waals surface area contributed by atoms with Gasteiger partial charge in [-0.2, -0.15) is 0 Å². The number of likely N-dealkylation sites (tertiary alicyclic amines) is 1. The molecule has 0 unspecified atom stereocenters. The number of aromatic amines is 1. The van der Waals surface area contributed by atoms with E-state index < -0.39 is 0 Å². The topological polar surface area (TPSA) is 61.9 Å². The SMILES string of the molecule is Cc1[nH]cnc1C(=O)N1CC(c2cccnc2)C1. The van der Waals surface area contributed by atoms with E-state index in [9.17, 15) is 4.79 Å². The lowest BCUT2D eigenvalue weighted by Crippen LogP contribution is -2.48. The van der Waals surface area contributed by atoms with E-state index in [0.717, 1.165) is 18.8 Å². The molecule has 5 heteroatoms. The van der Waals surface area contributed by atoms with Crippen molar-refractivity contribution in [3.8, 4) is 0 Å². The highest BCUT2D eigenvalue weighted by molar-refractivity contribution is 5.94. The van der Waals surface area contributed by atoms with Gasteiger partial charge in [-0.05, 0) is 18.6 Å². The average molecular weight is 242 g/mol. The molecule has 1 aliphatic rings. The molecule has 0 radical (unpaired) electrons. The van der Waals surface area contributed by atoms with E-state index in [2.05, 4.69) is 21.0 Å². The Balaban J connectivity index is 1.66. The Morgan fingerprint density at radius 2 is 2.33 bits per heavy atom. The molecule has 1 fully saturated rings. The summed E-state index contributed by atoms with van der Waals surface area (Å²) in [7, 11) is 0. The molecule has 3 rings (SSSR count). The van der Waals surface area contributed by atoms with Gasteiger partial charge in [0.2, 0.25) is 0 Å². The van der Waals surface area contributed by atoms with Crippen molar-refractivity contribution in [3.63, 3.8) is 0 Å². The predicted molar refractivity (Wildman–Crippen MR) is 66.2 cm³/mol. The summed E-state index contributed by atoms with van der Waals surface area (Å²) in [6.07, 6.45) is 5.19. The number of amides is 1. The van der Waals surface area contributed by atoms with E-state index in [-0.39, 0.29) is 5.91 Å². The first-order valence-electron chi connectivity index (χ1n) is 5.95. The van der Waals surface area contributed by atoms with Gasteiger partial charge in [0.05, 0.1) is 6.33 Å². The Hall–Kier alpha value is -2.17. The molecule has 2 aromatic rings. The molecule has 1 amide bonds. The fraction of sp³-hybridized carbons (Fsp3) is 0.308. The van der Waals surface area contributed by atoms with E-state index in [0.29, 0.717) is 11.6 Å². The number of rotatable bonds is 2. The quantitative estimate of drug-likeness (QED) is 0.864. The predicted octanol–water partition coefficient (Wildman–Crippen LogP) is 1.35. The van der Waals surface area contributed by atoms with Crippen LogP contribution in [0.15, 0.2) is 30.9 Å². The van der Waals surface area contributed by atoms with Crippen LogP contribution in [0.1, 0.15) is 27.7 Å². The third-order valence-corrected chi connectivity index (χ3v) is 3.36. The maximum atomic E-state index is 12.1. The van der Waals surface area contributed by atoms with Gasteiger partial charge in [0.25, 0.3) is 5.91 Å². The van der Waals surface area contributed by atoms with Crippen LogP contribution in [0, 0.1) is 6.92 Å². The van der Waals surface area contributed by atoms with Crippen molar-refractivity contribution in [2.45, 2.75) is 12.8 Å². The smallest absolute Gasteiger partial charge is 0.274 e. The number of pyridine rings is 1. The molecule has 0 saturated carbocycles. The Kier molecular flexibility index (Phi) is 2.59. The number of carbonyl (C=O) groups excluding carboxylic acids is 1. The molecule has 3 heterocycles. The second-order valence-electron chi connectivity index (χ2n) is 4.57. The van der Waals surface area contributed by atoms with Gasteiger partial charge in [-0.15, -0.1) is 0 Å². The molecule has 1 aliphatic heterocycles. The number of aryl methyl sites for hydroxylation is 1. The molecular formula is C13H14N4O. The molecule has 1 N–H and O–H groups in total. The molecule has 5 nitrogen and oxygen atoms in total. The van der Waals surface area contributed by atoms with Gasteiger partial charge in [0.15, 0.2) is 0 Å². The third-order valence-electron chi connectivity index (χ3n) is 3.36. The van der Waals surface area contributed by atoms with Crippen molar-refractivity contribution in [1.29, 1.82) is 0 Å². The minimum Gasteiger partial charge on any atom is -0.348 e. The highest BCUT2D eigenvalue weighted by Gasteiger charge is 2.33. The molecule has 0 bridgehead atoms. The van der Waals surface area contributed by atoms with Crippen LogP contribution in [0.3, 0.4) is 0 Å². The summed E-state index contributed by atoms with van der Waals surface area (Å²) >= 11 is 0. The van der Waals surface area contributed by atoms with Crippen molar-refractivity contribution in [1.82, 2.24) is 19.9 Å². The molecule has 1 saturated heterocycles. The first-order chi connectivity index (χ1) is 8.75. The highest BCUT2D eigenvalue weighted by Crippen LogP contribution is 2.27. The van der Waals surface area contributed by atoms with Crippen LogP contribution in [0.4, 0.5) is 0 Å². The normalized spacial score (nSPS) is 15.5. The maximum absolute atomic E-state index is 12.1. The molecule has 0 atom stereocenters. The monoisotopic (exact) mass is 242 g/mol. The molecule has 2 aromatic heterocycles. The number of aromatic nitrogens is 3. The van der Waals surface area contributed by atoms with Gasteiger partial charge >= 0.3 is 0 Å². The lowest BCUT2D eigenvalue weighted by molar-refractivity contribution is 0.0595. The lowest BCUT2D eigenvalue weighted by atomic mass is 9.92. The van der Waals surface area contributed by atoms with Gasteiger partial charge in [-0.25, -0.2) is 4.98 Å². The number of hydrogen-bond donors (Lipinski definition) is 1. The Labute approximate surface area is 105 Å². The number of H-pyrrole nitrogens is 1. The van der Waals surface area contributed by atoms with Crippen LogP contribution in [-0.4, -0.2) is 38.8 Å². The number of imidazole rings is 1.